The predicted molar refractivity (Wildman–Crippen MR) is 80.0 cm³/mol. The van der Waals surface area contributed by atoms with Crippen LogP contribution in [0, 0.1) is 12.7 Å². The molecule has 0 bridgehead atoms. The van der Waals surface area contributed by atoms with Gasteiger partial charge in [-0.2, -0.15) is 5.10 Å². The van der Waals surface area contributed by atoms with Gasteiger partial charge in [-0.15, -0.1) is 0 Å². The maximum absolute atomic E-state index is 14.1. The highest BCUT2D eigenvalue weighted by molar-refractivity contribution is 5.65. The van der Waals surface area contributed by atoms with Gasteiger partial charge in [0.15, 0.2) is 0 Å². The molecule has 0 atom stereocenters. The Kier molecular flexibility index (Phi) is 4.55. The number of aryl methyl sites for hydroxylation is 2. The third kappa shape index (κ3) is 3.25. The van der Waals surface area contributed by atoms with Gasteiger partial charge >= 0.3 is 0 Å². The van der Waals surface area contributed by atoms with Crippen molar-refractivity contribution < 1.29 is 4.39 Å². The first-order chi connectivity index (χ1) is 9.51. The zero-order chi connectivity index (χ0) is 14.7. The number of benzene rings is 1. The SMILES string of the molecule is CCn1cc(-c2ccc(CNC(C)C)c(F)c2)c(C)n1. The smallest absolute Gasteiger partial charge is 0.128 e. The molecule has 20 heavy (non-hydrogen) atoms. The van der Waals surface area contributed by atoms with Crippen LogP contribution in [0.5, 0.6) is 0 Å². The van der Waals surface area contributed by atoms with Gasteiger partial charge in [-0.25, -0.2) is 4.39 Å². The summed E-state index contributed by atoms with van der Waals surface area (Å²) >= 11 is 0. The molecular formula is C16H22FN3. The lowest BCUT2D eigenvalue weighted by Gasteiger charge is -2.10. The van der Waals surface area contributed by atoms with Gasteiger partial charge in [0.25, 0.3) is 0 Å². The molecule has 0 unspecified atom stereocenters. The number of rotatable bonds is 5. The number of nitrogens with zero attached hydrogens (tertiary/aromatic N) is 2. The average Bonchev–Trinajstić information content (AvgIpc) is 2.78. The molecule has 0 aliphatic carbocycles. The second-order valence-electron chi connectivity index (χ2n) is 5.33. The first-order valence-electron chi connectivity index (χ1n) is 7.07. The molecule has 0 radical (unpaired) electrons. The molecule has 1 heterocycles. The summed E-state index contributed by atoms with van der Waals surface area (Å²) in [5.74, 6) is -0.167. The highest BCUT2D eigenvalue weighted by atomic mass is 19.1. The van der Waals surface area contributed by atoms with Crippen molar-refractivity contribution in [1.29, 1.82) is 0 Å². The van der Waals surface area contributed by atoms with Gasteiger partial charge < -0.3 is 5.32 Å². The molecule has 0 spiro atoms. The third-order valence-corrected chi connectivity index (χ3v) is 3.34. The van der Waals surface area contributed by atoms with Crippen molar-refractivity contribution in [1.82, 2.24) is 15.1 Å². The van der Waals surface area contributed by atoms with Crippen LogP contribution in [0.4, 0.5) is 4.39 Å². The van der Waals surface area contributed by atoms with E-state index in [1.54, 1.807) is 6.07 Å². The first kappa shape index (κ1) is 14.7. The van der Waals surface area contributed by atoms with E-state index < -0.39 is 0 Å². The minimum atomic E-state index is -0.167. The maximum Gasteiger partial charge on any atom is 0.128 e. The van der Waals surface area contributed by atoms with Gasteiger partial charge in [0.2, 0.25) is 0 Å². The Morgan fingerprint density at radius 1 is 1.35 bits per heavy atom. The lowest BCUT2D eigenvalue weighted by Crippen LogP contribution is -2.22. The summed E-state index contributed by atoms with van der Waals surface area (Å²) in [5, 5.41) is 7.63. The van der Waals surface area contributed by atoms with E-state index in [1.807, 2.05) is 36.9 Å². The van der Waals surface area contributed by atoms with Crippen LogP contribution in [0.25, 0.3) is 11.1 Å². The second kappa shape index (κ2) is 6.18. The van der Waals surface area contributed by atoms with Crippen molar-refractivity contribution >= 4 is 0 Å². The van der Waals surface area contributed by atoms with E-state index in [-0.39, 0.29) is 5.82 Å². The standard InChI is InChI=1S/C16H22FN3/c1-5-20-10-15(12(4)19-20)13-6-7-14(16(17)8-13)9-18-11(2)3/h6-8,10-11,18H,5,9H2,1-4H3. The highest BCUT2D eigenvalue weighted by Gasteiger charge is 2.10. The van der Waals surface area contributed by atoms with E-state index in [0.717, 1.165) is 23.4 Å². The van der Waals surface area contributed by atoms with Crippen LogP contribution in [0.1, 0.15) is 32.0 Å². The van der Waals surface area contributed by atoms with Crippen molar-refractivity contribution in [2.24, 2.45) is 0 Å². The fourth-order valence-electron chi connectivity index (χ4n) is 2.14. The fourth-order valence-corrected chi connectivity index (χ4v) is 2.14. The molecule has 4 heteroatoms. The Labute approximate surface area is 119 Å². The van der Waals surface area contributed by atoms with E-state index in [0.29, 0.717) is 18.2 Å². The van der Waals surface area contributed by atoms with Crippen molar-refractivity contribution in [2.75, 3.05) is 0 Å². The molecule has 2 aromatic rings. The Balaban J connectivity index is 2.25. The quantitative estimate of drug-likeness (QED) is 0.905. The molecule has 108 valence electrons. The summed E-state index contributed by atoms with van der Waals surface area (Å²) in [6, 6.07) is 5.76. The molecule has 0 saturated carbocycles. The van der Waals surface area contributed by atoms with Crippen LogP contribution in [0.15, 0.2) is 24.4 Å². The molecule has 0 saturated heterocycles. The zero-order valence-electron chi connectivity index (χ0n) is 12.6. The van der Waals surface area contributed by atoms with Gasteiger partial charge in [-0.05, 0) is 25.5 Å². The Bertz CT molecular complexity index is 587. The molecule has 1 N–H and O–H groups in total. The summed E-state index contributed by atoms with van der Waals surface area (Å²) in [4.78, 5) is 0. The summed E-state index contributed by atoms with van der Waals surface area (Å²) < 4.78 is 16.0. The van der Waals surface area contributed by atoms with Crippen molar-refractivity contribution in [2.45, 2.75) is 46.8 Å². The molecule has 0 fully saturated rings. The molecule has 0 aliphatic heterocycles. The Morgan fingerprint density at radius 2 is 2.10 bits per heavy atom. The van der Waals surface area contributed by atoms with Crippen molar-refractivity contribution in [3.63, 3.8) is 0 Å². The van der Waals surface area contributed by atoms with E-state index in [9.17, 15) is 4.39 Å². The van der Waals surface area contributed by atoms with Crippen LogP contribution < -0.4 is 5.32 Å². The molecule has 1 aromatic heterocycles. The second-order valence-corrected chi connectivity index (χ2v) is 5.33. The molecular weight excluding hydrogens is 253 g/mol. The largest absolute Gasteiger partial charge is 0.310 e. The number of nitrogens with one attached hydrogen (secondary N) is 1. The number of hydrogen-bond acceptors (Lipinski definition) is 2. The van der Waals surface area contributed by atoms with E-state index in [1.165, 1.54) is 0 Å². The number of hydrogen-bond donors (Lipinski definition) is 1. The van der Waals surface area contributed by atoms with Crippen LogP contribution >= 0.6 is 0 Å². The highest BCUT2D eigenvalue weighted by Crippen LogP contribution is 2.24. The minimum Gasteiger partial charge on any atom is -0.310 e. The first-order valence-corrected chi connectivity index (χ1v) is 7.07. The normalized spacial score (nSPS) is 11.3. The lowest BCUT2D eigenvalue weighted by atomic mass is 10.0. The van der Waals surface area contributed by atoms with Crippen LogP contribution in [-0.2, 0) is 13.1 Å². The zero-order valence-corrected chi connectivity index (χ0v) is 12.6. The summed E-state index contributed by atoms with van der Waals surface area (Å²) in [6.07, 6.45) is 1.97. The predicted octanol–water partition coefficient (Wildman–Crippen LogP) is 3.52. The Morgan fingerprint density at radius 3 is 2.65 bits per heavy atom. The van der Waals surface area contributed by atoms with Gasteiger partial charge in [-0.3, -0.25) is 4.68 Å². The topological polar surface area (TPSA) is 29.9 Å². The molecule has 2 rings (SSSR count). The fraction of sp³-hybridized carbons (Fsp3) is 0.438. The van der Waals surface area contributed by atoms with Gasteiger partial charge in [0, 0.05) is 36.5 Å². The van der Waals surface area contributed by atoms with Crippen LogP contribution in [-0.4, -0.2) is 15.8 Å². The third-order valence-electron chi connectivity index (χ3n) is 3.34. The molecule has 3 nitrogen and oxygen atoms in total. The van der Waals surface area contributed by atoms with Crippen LogP contribution in [0.3, 0.4) is 0 Å². The summed E-state index contributed by atoms with van der Waals surface area (Å²) in [6.45, 7) is 9.46. The van der Waals surface area contributed by atoms with Gasteiger partial charge in [-0.1, -0.05) is 26.0 Å². The molecule has 0 amide bonds. The number of aromatic nitrogens is 2. The van der Waals surface area contributed by atoms with E-state index in [4.69, 9.17) is 0 Å². The monoisotopic (exact) mass is 275 g/mol. The average molecular weight is 275 g/mol. The van der Waals surface area contributed by atoms with E-state index in [2.05, 4.69) is 24.3 Å². The minimum absolute atomic E-state index is 0.167. The van der Waals surface area contributed by atoms with E-state index >= 15 is 0 Å². The lowest BCUT2D eigenvalue weighted by molar-refractivity contribution is 0.553. The van der Waals surface area contributed by atoms with Crippen LogP contribution in [0.2, 0.25) is 0 Å². The maximum atomic E-state index is 14.1. The van der Waals surface area contributed by atoms with Gasteiger partial charge in [0.05, 0.1) is 5.69 Å². The number of halogens is 1. The molecule has 0 aliphatic rings. The van der Waals surface area contributed by atoms with Crippen molar-refractivity contribution in [3.05, 3.63) is 41.5 Å². The summed E-state index contributed by atoms with van der Waals surface area (Å²) in [7, 11) is 0. The summed E-state index contributed by atoms with van der Waals surface area (Å²) in [5.41, 5.74) is 3.50. The van der Waals surface area contributed by atoms with Gasteiger partial charge in [0.1, 0.15) is 5.82 Å². The Hall–Kier alpha value is -1.68. The van der Waals surface area contributed by atoms with Crippen molar-refractivity contribution in [3.8, 4) is 11.1 Å². The molecule has 1 aromatic carbocycles.